The summed E-state index contributed by atoms with van der Waals surface area (Å²) in [5, 5.41) is 0.362. The molecule has 0 spiro atoms. The molecule has 0 radical (unpaired) electrons. The average molecular weight is 332 g/mol. The molecule has 4 N–H and O–H groups in total. The molecule has 4 bridgehead atoms. The summed E-state index contributed by atoms with van der Waals surface area (Å²) in [5.74, 6) is 3.44. The number of rotatable bonds is 4. The van der Waals surface area contributed by atoms with Crippen molar-refractivity contribution in [3.8, 4) is 0 Å². The minimum absolute atomic E-state index is 0.0764. The van der Waals surface area contributed by atoms with E-state index >= 15 is 0 Å². The van der Waals surface area contributed by atoms with Crippen molar-refractivity contribution in [1.82, 2.24) is 9.97 Å². The molecule has 0 aromatic carbocycles. The molecule has 4 fully saturated rings. The van der Waals surface area contributed by atoms with Crippen molar-refractivity contribution >= 4 is 29.2 Å². The maximum absolute atomic E-state index is 13.2. The van der Waals surface area contributed by atoms with Crippen molar-refractivity contribution in [1.29, 1.82) is 0 Å². The van der Waals surface area contributed by atoms with Gasteiger partial charge in [-0.3, -0.25) is 4.79 Å². The van der Waals surface area contributed by atoms with Crippen molar-refractivity contribution in [3.63, 3.8) is 0 Å². The molecular formula is C17H24N4OS. The third-order valence-electron chi connectivity index (χ3n) is 5.96. The van der Waals surface area contributed by atoms with Gasteiger partial charge in [0.15, 0.2) is 10.9 Å². The molecule has 4 aliphatic carbocycles. The number of ketones is 1. The molecule has 0 unspecified atom stereocenters. The number of carbonyl (C=O) groups is 1. The van der Waals surface area contributed by atoms with Crippen LogP contribution in [0.2, 0.25) is 0 Å². The topological polar surface area (TPSA) is 94.9 Å². The number of carbonyl (C=O) groups excluding carboxylic acids is 1. The van der Waals surface area contributed by atoms with Crippen molar-refractivity contribution in [2.45, 2.75) is 55.9 Å². The second-order valence-electron chi connectivity index (χ2n) is 7.82. The summed E-state index contributed by atoms with van der Waals surface area (Å²) in [6, 6.07) is 1.54. The Morgan fingerprint density at radius 3 is 2.09 bits per heavy atom. The van der Waals surface area contributed by atoms with Gasteiger partial charge in [0.2, 0.25) is 0 Å². The fourth-order valence-electron chi connectivity index (χ4n) is 5.57. The molecule has 0 aliphatic heterocycles. The van der Waals surface area contributed by atoms with Gasteiger partial charge in [0.1, 0.15) is 11.6 Å². The van der Waals surface area contributed by atoms with Crippen LogP contribution in [0.1, 0.15) is 45.4 Å². The molecule has 0 saturated heterocycles. The Hall–Kier alpha value is -1.30. The van der Waals surface area contributed by atoms with Gasteiger partial charge in [-0.1, -0.05) is 11.8 Å². The highest BCUT2D eigenvalue weighted by atomic mass is 32.2. The van der Waals surface area contributed by atoms with Crippen LogP contribution in [-0.2, 0) is 4.79 Å². The van der Waals surface area contributed by atoms with E-state index in [0.29, 0.717) is 22.6 Å². The summed E-state index contributed by atoms with van der Waals surface area (Å²) in [6.45, 7) is 1.98. The van der Waals surface area contributed by atoms with E-state index < -0.39 is 0 Å². The zero-order chi connectivity index (χ0) is 16.2. The van der Waals surface area contributed by atoms with Crippen molar-refractivity contribution in [3.05, 3.63) is 6.07 Å². The van der Waals surface area contributed by atoms with Crippen molar-refractivity contribution < 1.29 is 4.79 Å². The molecule has 1 heterocycles. The lowest BCUT2D eigenvalue weighted by Gasteiger charge is -2.56. The summed E-state index contributed by atoms with van der Waals surface area (Å²) in [5.41, 5.74) is 11.4. The first-order chi connectivity index (χ1) is 10.9. The van der Waals surface area contributed by atoms with Gasteiger partial charge < -0.3 is 11.5 Å². The minimum atomic E-state index is -0.146. The first-order valence-electron chi connectivity index (χ1n) is 8.54. The largest absolute Gasteiger partial charge is 0.383 e. The Labute approximate surface area is 141 Å². The number of Topliss-reactive ketones (excluding diaryl/α,β-unsaturated/α-hetero) is 1. The van der Waals surface area contributed by atoms with Crippen LogP contribution in [0.15, 0.2) is 11.2 Å². The van der Waals surface area contributed by atoms with Gasteiger partial charge in [0, 0.05) is 11.5 Å². The number of hydrogen-bond donors (Lipinski definition) is 2. The highest BCUT2D eigenvalue weighted by Crippen LogP contribution is 2.61. The number of aromatic nitrogens is 2. The Kier molecular flexibility index (Phi) is 3.55. The molecular weight excluding hydrogens is 308 g/mol. The first kappa shape index (κ1) is 15.2. The van der Waals surface area contributed by atoms with Gasteiger partial charge in [0.05, 0.1) is 5.25 Å². The predicted molar refractivity (Wildman–Crippen MR) is 91.8 cm³/mol. The van der Waals surface area contributed by atoms with E-state index in [4.69, 9.17) is 11.5 Å². The lowest BCUT2D eigenvalue weighted by molar-refractivity contribution is -0.142. The van der Waals surface area contributed by atoms with Crippen LogP contribution in [0, 0.1) is 23.2 Å². The molecule has 6 heteroatoms. The molecule has 5 nitrogen and oxygen atoms in total. The van der Waals surface area contributed by atoms with Crippen molar-refractivity contribution in [2.24, 2.45) is 23.2 Å². The standard InChI is InChI=1S/C17H24N4OS/c1-9(23-16-20-13(18)5-14(19)21-16)15(22)17-6-10-2-11(7-17)4-12(3-10)8-17/h5,9-12H,2-4,6-8H2,1H3,(H4,18,19,20,21)/t9-,10?,11?,12?,17?/m0/s1. The molecule has 23 heavy (non-hydrogen) atoms. The summed E-state index contributed by atoms with van der Waals surface area (Å²) in [6.07, 6.45) is 7.35. The predicted octanol–water partition coefficient (Wildman–Crippen LogP) is 2.91. The van der Waals surface area contributed by atoms with Crippen LogP contribution in [-0.4, -0.2) is 21.0 Å². The van der Waals surface area contributed by atoms with Crippen LogP contribution in [0.3, 0.4) is 0 Å². The number of nitrogens with two attached hydrogens (primary N) is 2. The molecule has 4 saturated carbocycles. The number of nitrogen functional groups attached to an aromatic ring is 2. The quantitative estimate of drug-likeness (QED) is 0.650. The van der Waals surface area contributed by atoms with Gasteiger partial charge in [-0.15, -0.1) is 0 Å². The zero-order valence-corrected chi connectivity index (χ0v) is 14.3. The monoisotopic (exact) mass is 332 g/mol. The molecule has 1 atom stereocenters. The van der Waals surface area contributed by atoms with Gasteiger partial charge in [-0.05, 0) is 63.2 Å². The fraction of sp³-hybridized carbons (Fsp3) is 0.706. The summed E-state index contributed by atoms with van der Waals surface area (Å²) < 4.78 is 0. The third-order valence-corrected chi connectivity index (χ3v) is 6.92. The molecule has 0 amide bonds. The Morgan fingerprint density at radius 1 is 1.13 bits per heavy atom. The minimum Gasteiger partial charge on any atom is -0.383 e. The Bertz CT molecular complexity index is 592. The second-order valence-corrected chi connectivity index (χ2v) is 9.13. The Morgan fingerprint density at radius 2 is 1.61 bits per heavy atom. The van der Waals surface area contributed by atoms with Crippen LogP contribution < -0.4 is 11.5 Å². The second kappa shape index (κ2) is 5.36. The summed E-state index contributed by atoms with van der Waals surface area (Å²) in [4.78, 5) is 21.6. The van der Waals surface area contributed by atoms with E-state index in [9.17, 15) is 4.79 Å². The highest BCUT2D eigenvalue weighted by molar-refractivity contribution is 8.00. The Balaban J connectivity index is 1.52. The maximum Gasteiger partial charge on any atom is 0.192 e. The van der Waals surface area contributed by atoms with E-state index in [0.717, 1.165) is 37.0 Å². The molecule has 1 aromatic heterocycles. The van der Waals surface area contributed by atoms with E-state index in [1.807, 2.05) is 6.92 Å². The number of hydrogen-bond acceptors (Lipinski definition) is 6. The van der Waals surface area contributed by atoms with Gasteiger partial charge >= 0.3 is 0 Å². The first-order valence-corrected chi connectivity index (χ1v) is 9.42. The van der Waals surface area contributed by atoms with Crippen LogP contribution in [0.5, 0.6) is 0 Å². The molecule has 4 aliphatic rings. The van der Waals surface area contributed by atoms with E-state index in [1.54, 1.807) is 0 Å². The van der Waals surface area contributed by atoms with Gasteiger partial charge in [-0.2, -0.15) is 0 Å². The smallest absolute Gasteiger partial charge is 0.192 e. The molecule has 1 aromatic rings. The average Bonchev–Trinajstić information content (AvgIpc) is 2.43. The van der Waals surface area contributed by atoms with Crippen LogP contribution in [0.4, 0.5) is 11.6 Å². The van der Waals surface area contributed by atoms with Crippen molar-refractivity contribution in [2.75, 3.05) is 11.5 Å². The summed E-state index contributed by atoms with van der Waals surface area (Å²) >= 11 is 1.40. The molecule has 124 valence electrons. The van der Waals surface area contributed by atoms with E-state index in [-0.39, 0.29) is 10.7 Å². The lowest BCUT2D eigenvalue weighted by atomic mass is 9.48. The number of anilines is 2. The number of thioether (sulfide) groups is 1. The highest BCUT2D eigenvalue weighted by Gasteiger charge is 2.55. The fourth-order valence-corrected chi connectivity index (χ4v) is 6.56. The van der Waals surface area contributed by atoms with Crippen LogP contribution in [0.25, 0.3) is 0 Å². The SMILES string of the molecule is C[C@H](Sc1nc(N)cc(N)n1)C(=O)C12CC3CC(CC(C3)C1)C2. The third kappa shape index (κ3) is 2.71. The lowest BCUT2D eigenvalue weighted by Crippen LogP contribution is -2.51. The maximum atomic E-state index is 13.2. The van der Waals surface area contributed by atoms with Gasteiger partial charge in [0.25, 0.3) is 0 Å². The normalized spacial score (nSPS) is 36.1. The summed E-state index contributed by atoms with van der Waals surface area (Å²) in [7, 11) is 0. The zero-order valence-electron chi connectivity index (χ0n) is 13.5. The molecule has 5 rings (SSSR count). The van der Waals surface area contributed by atoms with Crippen LogP contribution >= 0.6 is 11.8 Å². The number of nitrogens with zero attached hydrogens (tertiary/aromatic N) is 2. The van der Waals surface area contributed by atoms with E-state index in [1.165, 1.54) is 37.1 Å². The van der Waals surface area contributed by atoms with E-state index in [2.05, 4.69) is 9.97 Å². The van der Waals surface area contributed by atoms with Gasteiger partial charge in [-0.25, -0.2) is 9.97 Å².